The highest BCUT2D eigenvalue weighted by atomic mass is 16.5. The molecule has 110 valence electrons. The molecule has 19 heavy (non-hydrogen) atoms. The molecule has 0 unspecified atom stereocenters. The molecule has 0 aliphatic carbocycles. The van der Waals surface area contributed by atoms with E-state index in [0.717, 1.165) is 0 Å². The van der Waals surface area contributed by atoms with E-state index in [1.165, 1.54) is 6.42 Å². The van der Waals surface area contributed by atoms with Crippen LogP contribution in [-0.2, 0) is 4.74 Å². The maximum absolute atomic E-state index is 9.67. The van der Waals surface area contributed by atoms with E-state index in [1.54, 1.807) is 0 Å². The van der Waals surface area contributed by atoms with Gasteiger partial charge >= 0.3 is 0 Å². The average molecular weight is 266 g/mol. The Morgan fingerprint density at radius 2 is 1.53 bits per heavy atom. The van der Waals surface area contributed by atoms with Gasteiger partial charge in [0.1, 0.15) is 7.17 Å². The van der Waals surface area contributed by atoms with Crippen LogP contribution in [-0.4, -0.2) is 37.2 Å². The van der Waals surface area contributed by atoms with E-state index >= 15 is 0 Å². The van der Waals surface area contributed by atoms with E-state index in [-0.39, 0.29) is 10.8 Å². The molecule has 0 saturated heterocycles. The largest absolute Gasteiger partial charge is 0.390 e. The summed E-state index contributed by atoms with van der Waals surface area (Å²) >= 11 is 0. The molecule has 0 saturated carbocycles. The van der Waals surface area contributed by atoms with E-state index in [2.05, 4.69) is 55.9 Å². The monoisotopic (exact) mass is 266 g/mol. The summed E-state index contributed by atoms with van der Waals surface area (Å²) in [6.07, 6.45) is 1.82. The third-order valence-corrected chi connectivity index (χ3v) is 3.06. The van der Waals surface area contributed by atoms with E-state index in [9.17, 15) is 5.11 Å². The van der Waals surface area contributed by atoms with E-state index in [0.29, 0.717) is 18.9 Å². The van der Waals surface area contributed by atoms with E-state index in [4.69, 9.17) is 4.74 Å². The van der Waals surface area contributed by atoms with Gasteiger partial charge in [0.05, 0.1) is 12.8 Å². The van der Waals surface area contributed by atoms with Gasteiger partial charge in [-0.1, -0.05) is 39.4 Å². The first-order chi connectivity index (χ1) is 8.33. The zero-order valence-electron chi connectivity index (χ0n) is 14.2. The van der Waals surface area contributed by atoms with Crippen molar-refractivity contribution in [1.29, 1.82) is 0 Å². The summed E-state index contributed by atoms with van der Waals surface area (Å²) in [4.78, 5) is 0. The molecule has 0 atom stereocenters. The number of ether oxygens (including phenoxy) is 1. The molecule has 0 spiro atoms. The van der Waals surface area contributed by atoms with Gasteiger partial charge < -0.3 is 9.84 Å². The predicted octanol–water partition coefficient (Wildman–Crippen LogP) is 3.47. The van der Waals surface area contributed by atoms with Crippen LogP contribution >= 0.6 is 0 Å². The van der Waals surface area contributed by atoms with Crippen LogP contribution in [0.4, 0.5) is 0 Å². The van der Waals surface area contributed by atoms with Crippen LogP contribution in [0.1, 0.15) is 68.2 Å². The third kappa shape index (κ3) is 11.6. The van der Waals surface area contributed by atoms with E-state index < -0.39 is 5.60 Å². The summed E-state index contributed by atoms with van der Waals surface area (Å²) < 4.78 is 5.86. The van der Waals surface area contributed by atoms with Gasteiger partial charge in [-0.25, -0.2) is 0 Å². The summed E-state index contributed by atoms with van der Waals surface area (Å²) in [7, 11) is 4.41. The topological polar surface area (TPSA) is 29.5 Å². The molecule has 2 radical (unpaired) electrons. The number of aliphatic hydroxyl groups is 1. The highest BCUT2D eigenvalue weighted by Crippen LogP contribution is 2.31. The van der Waals surface area contributed by atoms with E-state index in [1.807, 2.05) is 13.8 Å². The van der Waals surface area contributed by atoms with Crippen molar-refractivity contribution >= 4 is 14.3 Å². The van der Waals surface area contributed by atoms with Gasteiger partial charge in [0.15, 0.2) is 0 Å². The number of hydrogen-bond acceptors (Lipinski definition) is 2. The van der Waals surface area contributed by atoms with Crippen LogP contribution in [0.3, 0.4) is 0 Å². The zero-order valence-corrected chi connectivity index (χ0v) is 14.2. The molecule has 0 aromatic rings. The molecule has 0 amide bonds. The van der Waals surface area contributed by atoms with Crippen molar-refractivity contribution < 1.29 is 9.84 Å². The van der Waals surface area contributed by atoms with Crippen molar-refractivity contribution in [3.05, 3.63) is 0 Å². The van der Waals surface area contributed by atoms with Crippen molar-refractivity contribution in [3.8, 4) is 0 Å². The van der Waals surface area contributed by atoms with Crippen molar-refractivity contribution in [2.75, 3.05) is 6.61 Å². The summed E-state index contributed by atoms with van der Waals surface area (Å²) in [6, 6.07) is 0. The van der Waals surface area contributed by atoms with Crippen LogP contribution in [0.15, 0.2) is 0 Å². The first-order valence-corrected chi connectivity index (χ1v) is 7.40. The molecule has 0 aromatic heterocycles. The van der Waals surface area contributed by atoms with Gasteiger partial charge in [-0.15, -0.1) is 0 Å². The molecule has 4 heteroatoms. The first-order valence-electron chi connectivity index (χ1n) is 7.40. The molecule has 0 aliphatic rings. The lowest BCUT2D eigenvalue weighted by Crippen LogP contribution is -2.40. The second-order valence-corrected chi connectivity index (χ2v) is 7.93. The first kappa shape index (κ1) is 19.0. The molecule has 1 N–H and O–H groups in total. The van der Waals surface area contributed by atoms with Crippen molar-refractivity contribution in [2.24, 2.45) is 5.92 Å². The standard InChI is InChI=1S/C15H32B2O2/c1-12(2)11-13(3,4)16-17-15(7,8)19-10-9-14(5,6)18/h12,18H,9-11H2,1-8H3. The SMILES string of the molecule is CC(C)CC(C)(C)[B][B]C(C)(C)OCCC(C)(C)O. The highest BCUT2D eigenvalue weighted by Gasteiger charge is 2.27. The smallest absolute Gasteiger partial charge is 0.109 e. The van der Waals surface area contributed by atoms with Crippen molar-refractivity contribution in [1.82, 2.24) is 0 Å². The van der Waals surface area contributed by atoms with Crippen molar-refractivity contribution in [2.45, 2.75) is 84.6 Å². The zero-order chi connectivity index (χ0) is 15.3. The molecule has 0 fully saturated rings. The fourth-order valence-electron chi connectivity index (χ4n) is 2.16. The Labute approximate surface area is 122 Å². The van der Waals surface area contributed by atoms with Gasteiger partial charge in [0, 0.05) is 12.1 Å². The third-order valence-electron chi connectivity index (χ3n) is 3.06. The average Bonchev–Trinajstić information content (AvgIpc) is 2.10. The summed E-state index contributed by atoms with van der Waals surface area (Å²) in [5.41, 5.74) is -0.934. The van der Waals surface area contributed by atoms with Crippen LogP contribution in [0.25, 0.3) is 0 Å². The Bertz CT molecular complexity index is 255. The Morgan fingerprint density at radius 3 is 1.95 bits per heavy atom. The fraction of sp³-hybridized carbons (Fsp3) is 1.00. The number of rotatable bonds is 9. The van der Waals surface area contributed by atoms with Gasteiger partial charge in [-0.3, -0.25) is 0 Å². The van der Waals surface area contributed by atoms with Crippen LogP contribution < -0.4 is 0 Å². The quantitative estimate of drug-likeness (QED) is 0.647. The molecule has 2 nitrogen and oxygen atoms in total. The second kappa shape index (κ2) is 7.17. The highest BCUT2D eigenvalue weighted by molar-refractivity contribution is 7.03. The molecular weight excluding hydrogens is 234 g/mol. The Hall–Kier alpha value is 0.0499. The Balaban J connectivity index is 4.09. The van der Waals surface area contributed by atoms with Gasteiger partial charge in [-0.05, 0) is 40.0 Å². The lowest BCUT2D eigenvalue weighted by Gasteiger charge is -2.32. The van der Waals surface area contributed by atoms with Crippen LogP contribution in [0.5, 0.6) is 0 Å². The summed E-state index contributed by atoms with van der Waals surface area (Å²) in [5.74, 6) is 0.693. The molecule has 0 rings (SSSR count). The molecule has 0 bridgehead atoms. The summed E-state index contributed by atoms with van der Waals surface area (Å²) in [6.45, 7) is 17.4. The Kier molecular flexibility index (Phi) is 7.19. The van der Waals surface area contributed by atoms with Crippen LogP contribution in [0.2, 0.25) is 5.31 Å². The molecule has 0 heterocycles. The normalized spacial score (nSPS) is 13.8. The molecule has 0 aromatic carbocycles. The van der Waals surface area contributed by atoms with Gasteiger partial charge in [-0.2, -0.15) is 0 Å². The molecular formula is C15H32B2O2. The van der Waals surface area contributed by atoms with Crippen molar-refractivity contribution in [3.63, 3.8) is 0 Å². The minimum absolute atomic E-state index is 0.199. The van der Waals surface area contributed by atoms with Crippen LogP contribution in [0, 0.1) is 5.92 Å². The second-order valence-electron chi connectivity index (χ2n) is 7.93. The lowest BCUT2D eigenvalue weighted by molar-refractivity contribution is -0.00672. The molecule has 0 aliphatic heterocycles. The minimum Gasteiger partial charge on any atom is -0.390 e. The number of hydrogen-bond donors (Lipinski definition) is 1. The predicted molar refractivity (Wildman–Crippen MR) is 85.9 cm³/mol. The van der Waals surface area contributed by atoms with Gasteiger partial charge in [0.2, 0.25) is 0 Å². The Morgan fingerprint density at radius 1 is 1.00 bits per heavy atom. The maximum atomic E-state index is 9.67. The lowest BCUT2D eigenvalue weighted by atomic mass is 9.24. The fourth-order valence-corrected chi connectivity index (χ4v) is 2.16. The minimum atomic E-state index is -0.656. The maximum Gasteiger partial charge on any atom is 0.109 e. The summed E-state index contributed by atoms with van der Waals surface area (Å²) in [5, 5.41) is 9.87. The van der Waals surface area contributed by atoms with Gasteiger partial charge in [0.25, 0.3) is 0 Å².